The van der Waals surface area contributed by atoms with Gasteiger partial charge in [-0.1, -0.05) is 24.3 Å². The van der Waals surface area contributed by atoms with Crippen molar-refractivity contribution in [3.05, 3.63) is 53.3 Å². The van der Waals surface area contributed by atoms with Crippen LogP contribution in [-0.4, -0.2) is 28.6 Å². The molecule has 0 atom stereocenters. The van der Waals surface area contributed by atoms with Crippen molar-refractivity contribution in [1.82, 2.24) is 20.4 Å². The van der Waals surface area contributed by atoms with E-state index in [1.54, 1.807) is 48.3 Å². The summed E-state index contributed by atoms with van der Waals surface area (Å²) in [5.41, 5.74) is 2.34. The fourth-order valence-electron chi connectivity index (χ4n) is 2.03. The summed E-state index contributed by atoms with van der Waals surface area (Å²) in [5.74, 6) is 0. The van der Waals surface area contributed by atoms with E-state index in [1.165, 1.54) is 0 Å². The summed E-state index contributed by atoms with van der Waals surface area (Å²) in [4.78, 5) is 11.7. The average Bonchev–Trinajstić information content (AvgIpc) is 2.96. The van der Waals surface area contributed by atoms with Gasteiger partial charge in [0.25, 0.3) is 0 Å². The van der Waals surface area contributed by atoms with E-state index in [-0.39, 0.29) is 12.6 Å². The van der Waals surface area contributed by atoms with Crippen LogP contribution in [0.3, 0.4) is 0 Å². The van der Waals surface area contributed by atoms with E-state index in [1.807, 2.05) is 0 Å². The maximum absolute atomic E-state index is 12.0. The molecular formula is C16H19F3N4O2. The number of aromatic nitrogens is 2. The first kappa shape index (κ1) is 18.8. The van der Waals surface area contributed by atoms with E-state index in [0.29, 0.717) is 18.7 Å². The van der Waals surface area contributed by atoms with Crippen molar-refractivity contribution in [2.24, 2.45) is 7.05 Å². The third kappa shape index (κ3) is 6.84. The number of carbonyl (C=O) groups excluding carboxylic acids is 1. The summed E-state index contributed by atoms with van der Waals surface area (Å²) < 4.78 is 42.2. The molecule has 0 spiro atoms. The zero-order chi connectivity index (χ0) is 18.3. The van der Waals surface area contributed by atoms with Gasteiger partial charge >= 0.3 is 12.2 Å². The SMILES string of the molecule is Cn1nccc1CNC(=O)NCc1ccc(COCC(F)(F)F)cc1. The van der Waals surface area contributed by atoms with Gasteiger partial charge < -0.3 is 15.4 Å². The molecule has 0 aliphatic carbocycles. The Morgan fingerprint density at radius 3 is 2.36 bits per heavy atom. The largest absolute Gasteiger partial charge is 0.411 e. The number of amides is 2. The zero-order valence-electron chi connectivity index (χ0n) is 13.6. The number of halogens is 3. The number of hydrogen-bond donors (Lipinski definition) is 2. The van der Waals surface area contributed by atoms with Crippen LogP contribution in [0.15, 0.2) is 36.5 Å². The van der Waals surface area contributed by atoms with Crippen LogP contribution in [0.1, 0.15) is 16.8 Å². The van der Waals surface area contributed by atoms with Gasteiger partial charge in [-0.2, -0.15) is 18.3 Å². The first-order chi connectivity index (χ1) is 11.8. The van der Waals surface area contributed by atoms with Gasteiger partial charge in [-0.25, -0.2) is 4.79 Å². The molecule has 9 heteroatoms. The summed E-state index contributed by atoms with van der Waals surface area (Å²) in [6.07, 6.45) is -2.68. The topological polar surface area (TPSA) is 68.2 Å². The minimum absolute atomic E-state index is 0.113. The van der Waals surface area contributed by atoms with Gasteiger partial charge in [-0.3, -0.25) is 4.68 Å². The lowest BCUT2D eigenvalue weighted by Gasteiger charge is -2.09. The van der Waals surface area contributed by atoms with Gasteiger partial charge in [0.1, 0.15) is 6.61 Å². The number of hydrogen-bond acceptors (Lipinski definition) is 3. The number of rotatable bonds is 7. The zero-order valence-corrected chi connectivity index (χ0v) is 13.6. The lowest BCUT2D eigenvalue weighted by atomic mass is 10.1. The van der Waals surface area contributed by atoms with Crippen molar-refractivity contribution in [3.8, 4) is 0 Å². The first-order valence-electron chi connectivity index (χ1n) is 7.54. The predicted octanol–water partition coefficient (Wildman–Crippen LogP) is 2.50. The number of alkyl halides is 3. The van der Waals surface area contributed by atoms with Crippen molar-refractivity contribution in [1.29, 1.82) is 0 Å². The molecule has 0 radical (unpaired) electrons. The molecule has 2 amide bonds. The van der Waals surface area contributed by atoms with Crippen molar-refractivity contribution in [3.63, 3.8) is 0 Å². The highest BCUT2D eigenvalue weighted by atomic mass is 19.4. The Kier molecular flexibility index (Phi) is 6.40. The Labute approximate surface area is 143 Å². The minimum atomic E-state index is -4.33. The van der Waals surface area contributed by atoms with Crippen molar-refractivity contribution in [2.75, 3.05) is 6.61 Å². The van der Waals surface area contributed by atoms with E-state index < -0.39 is 12.8 Å². The molecule has 136 valence electrons. The predicted molar refractivity (Wildman–Crippen MR) is 84.4 cm³/mol. The van der Waals surface area contributed by atoms with E-state index >= 15 is 0 Å². The fourth-order valence-corrected chi connectivity index (χ4v) is 2.03. The molecule has 2 rings (SSSR count). The third-order valence-corrected chi connectivity index (χ3v) is 3.36. The van der Waals surface area contributed by atoms with Gasteiger partial charge in [0.2, 0.25) is 0 Å². The highest BCUT2D eigenvalue weighted by molar-refractivity contribution is 5.73. The summed E-state index contributed by atoms with van der Waals surface area (Å²) in [5, 5.41) is 9.42. The first-order valence-corrected chi connectivity index (χ1v) is 7.54. The average molecular weight is 356 g/mol. The number of carbonyl (C=O) groups is 1. The molecule has 0 aliphatic heterocycles. The Hall–Kier alpha value is -2.55. The number of urea groups is 1. The molecule has 0 fully saturated rings. The normalized spacial score (nSPS) is 11.4. The molecule has 2 N–H and O–H groups in total. The number of benzene rings is 1. The number of nitrogens with zero attached hydrogens (tertiary/aromatic N) is 2. The van der Waals surface area contributed by atoms with Crippen molar-refractivity contribution >= 4 is 6.03 Å². The lowest BCUT2D eigenvalue weighted by molar-refractivity contribution is -0.176. The molecule has 0 bridgehead atoms. The van der Waals surface area contributed by atoms with Crippen LogP contribution in [0.5, 0.6) is 0 Å². The second-order valence-corrected chi connectivity index (χ2v) is 5.41. The second-order valence-electron chi connectivity index (χ2n) is 5.41. The van der Waals surface area contributed by atoms with Crippen LogP contribution >= 0.6 is 0 Å². The Morgan fingerprint density at radius 1 is 1.12 bits per heavy atom. The van der Waals surface area contributed by atoms with Gasteiger partial charge in [-0.05, 0) is 17.2 Å². The maximum Gasteiger partial charge on any atom is 0.411 e. The van der Waals surface area contributed by atoms with Crippen LogP contribution in [-0.2, 0) is 31.5 Å². The second kappa shape index (κ2) is 8.52. The van der Waals surface area contributed by atoms with Crippen LogP contribution in [0.2, 0.25) is 0 Å². The number of nitrogens with one attached hydrogen (secondary N) is 2. The molecule has 6 nitrogen and oxygen atoms in total. The molecule has 1 aromatic heterocycles. The quantitative estimate of drug-likeness (QED) is 0.801. The molecule has 1 heterocycles. The van der Waals surface area contributed by atoms with Gasteiger partial charge in [-0.15, -0.1) is 0 Å². The molecule has 1 aromatic carbocycles. The smallest absolute Gasteiger partial charge is 0.367 e. The number of ether oxygens (including phenoxy) is 1. The fraction of sp³-hybridized carbons (Fsp3) is 0.375. The lowest BCUT2D eigenvalue weighted by Crippen LogP contribution is -2.35. The van der Waals surface area contributed by atoms with Crippen molar-refractivity contribution < 1.29 is 22.7 Å². The molecule has 0 saturated carbocycles. The molecule has 0 saturated heterocycles. The Morgan fingerprint density at radius 2 is 1.76 bits per heavy atom. The van der Waals surface area contributed by atoms with Crippen LogP contribution in [0, 0.1) is 0 Å². The van der Waals surface area contributed by atoms with E-state index in [0.717, 1.165) is 11.3 Å². The third-order valence-electron chi connectivity index (χ3n) is 3.36. The summed E-state index contributed by atoms with van der Waals surface area (Å²) >= 11 is 0. The highest BCUT2D eigenvalue weighted by Crippen LogP contribution is 2.15. The molecule has 0 unspecified atom stereocenters. The summed E-state index contributed by atoms with van der Waals surface area (Å²) in [6.45, 7) is -0.718. The summed E-state index contributed by atoms with van der Waals surface area (Å²) in [6, 6.07) is 8.28. The standard InChI is InChI=1S/C16H19F3N4O2/c1-23-14(6-7-22-23)9-21-15(24)20-8-12-2-4-13(5-3-12)10-25-11-16(17,18)19/h2-7H,8-11H2,1H3,(H2,20,21,24). The maximum atomic E-state index is 12.0. The Balaban J connectivity index is 1.70. The Bertz CT molecular complexity index is 683. The van der Waals surface area contributed by atoms with Gasteiger partial charge in [0, 0.05) is 19.8 Å². The van der Waals surface area contributed by atoms with Crippen LogP contribution in [0.4, 0.5) is 18.0 Å². The minimum Gasteiger partial charge on any atom is -0.367 e. The monoisotopic (exact) mass is 356 g/mol. The summed E-state index contributed by atoms with van der Waals surface area (Å²) in [7, 11) is 1.79. The van der Waals surface area contributed by atoms with Gasteiger partial charge in [0.15, 0.2) is 0 Å². The van der Waals surface area contributed by atoms with E-state index in [2.05, 4.69) is 20.5 Å². The molecule has 25 heavy (non-hydrogen) atoms. The molecule has 2 aromatic rings. The van der Waals surface area contributed by atoms with E-state index in [9.17, 15) is 18.0 Å². The van der Waals surface area contributed by atoms with Crippen molar-refractivity contribution in [2.45, 2.75) is 25.9 Å². The molecule has 0 aliphatic rings. The van der Waals surface area contributed by atoms with Crippen LogP contribution < -0.4 is 10.6 Å². The number of aryl methyl sites for hydroxylation is 1. The molecular weight excluding hydrogens is 337 g/mol. The van der Waals surface area contributed by atoms with Gasteiger partial charge in [0.05, 0.1) is 18.8 Å². The van der Waals surface area contributed by atoms with E-state index in [4.69, 9.17) is 0 Å². The van der Waals surface area contributed by atoms with Crippen LogP contribution in [0.25, 0.3) is 0 Å². The highest BCUT2D eigenvalue weighted by Gasteiger charge is 2.27.